The van der Waals surface area contributed by atoms with Crippen LogP contribution in [0.5, 0.6) is 5.75 Å². The normalized spacial score (nSPS) is 9.92. The highest BCUT2D eigenvalue weighted by Crippen LogP contribution is 2.27. The Kier molecular flexibility index (Phi) is 4.40. The van der Waals surface area contributed by atoms with E-state index in [2.05, 4.69) is 31.9 Å². The zero-order valence-corrected chi connectivity index (χ0v) is 10.1. The van der Waals surface area contributed by atoms with Gasteiger partial charge in [0.15, 0.2) is 0 Å². The summed E-state index contributed by atoms with van der Waals surface area (Å²) in [6.07, 6.45) is 0. The SMILES string of the molecule is Clc1ccc(OCCBr)c(Br)c1. The molecule has 1 nitrogen and oxygen atoms in total. The summed E-state index contributed by atoms with van der Waals surface area (Å²) >= 11 is 12.4. The third kappa shape index (κ3) is 2.96. The zero-order valence-electron chi connectivity index (χ0n) is 6.19. The minimum absolute atomic E-state index is 0.653. The Labute approximate surface area is 93.3 Å². The van der Waals surface area contributed by atoms with Gasteiger partial charge in [0.1, 0.15) is 5.75 Å². The molecule has 0 aromatic heterocycles. The van der Waals surface area contributed by atoms with Gasteiger partial charge in [0, 0.05) is 10.4 Å². The fourth-order valence-corrected chi connectivity index (χ4v) is 1.70. The Hall–Kier alpha value is 0.270. The van der Waals surface area contributed by atoms with Crippen molar-refractivity contribution in [2.45, 2.75) is 0 Å². The first-order valence-corrected chi connectivity index (χ1v) is 5.67. The van der Waals surface area contributed by atoms with Gasteiger partial charge >= 0.3 is 0 Å². The number of halogens is 3. The van der Waals surface area contributed by atoms with Crippen LogP contribution in [0.3, 0.4) is 0 Å². The number of benzene rings is 1. The molecule has 0 bridgehead atoms. The van der Waals surface area contributed by atoms with E-state index >= 15 is 0 Å². The highest BCUT2D eigenvalue weighted by atomic mass is 79.9. The minimum Gasteiger partial charge on any atom is -0.492 e. The first-order chi connectivity index (χ1) is 5.74. The summed E-state index contributed by atoms with van der Waals surface area (Å²) in [4.78, 5) is 0. The summed E-state index contributed by atoms with van der Waals surface area (Å²) < 4.78 is 6.27. The van der Waals surface area contributed by atoms with Gasteiger partial charge in [-0.2, -0.15) is 0 Å². The quantitative estimate of drug-likeness (QED) is 0.770. The van der Waals surface area contributed by atoms with Crippen LogP contribution in [0.4, 0.5) is 0 Å². The molecule has 0 amide bonds. The first-order valence-electron chi connectivity index (χ1n) is 3.38. The molecule has 0 spiro atoms. The molecule has 66 valence electrons. The topological polar surface area (TPSA) is 9.23 Å². The van der Waals surface area contributed by atoms with Gasteiger partial charge in [0.25, 0.3) is 0 Å². The standard InChI is InChI=1S/C8H7Br2ClO/c9-3-4-12-8-2-1-6(11)5-7(8)10/h1-2,5H,3-4H2. The van der Waals surface area contributed by atoms with Crippen molar-refractivity contribution in [1.29, 1.82) is 0 Å². The van der Waals surface area contributed by atoms with Crippen LogP contribution in [0.15, 0.2) is 22.7 Å². The van der Waals surface area contributed by atoms with Crippen molar-refractivity contribution in [1.82, 2.24) is 0 Å². The van der Waals surface area contributed by atoms with E-state index in [1.54, 1.807) is 6.07 Å². The molecular formula is C8H7Br2ClO. The molecule has 1 aromatic rings. The summed E-state index contributed by atoms with van der Waals surface area (Å²) in [6.45, 7) is 0.653. The molecular weight excluding hydrogens is 307 g/mol. The molecule has 0 fully saturated rings. The average molecular weight is 314 g/mol. The van der Waals surface area contributed by atoms with Crippen molar-refractivity contribution >= 4 is 43.5 Å². The molecule has 4 heteroatoms. The van der Waals surface area contributed by atoms with Crippen molar-refractivity contribution in [3.63, 3.8) is 0 Å². The molecule has 0 unspecified atom stereocenters. The second-order valence-corrected chi connectivity index (χ2v) is 4.20. The largest absolute Gasteiger partial charge is 0.492 e. The molecule has 0 radical (unpaired) electrons. The van der Waals surface area contributed by atoms with Crippen molar-refractivity contribution < 1.29 is 4.74 Å². The average Bonchev–Trinajstić information content (AvgIpc) is 2.03. The lowest BCUT2D eigenvalue weighted by atomic mass is 10.3. The van der Waals surface area contributed by atoms with Gasteiger partial charge in [0.05, 0.1) is 11.1 Å². The van der Waals surface area contributed by atoms with Gasteiger partial charge < -0.3 is 4.74 Å². The van der Waals surface area contributed by atoms with Crippen molar-refractivity contribution in [3.8, 4) is 5.75 Å². The Morgan fingerprint density at radius 3 is 2.75 bits per heavy atom. The highest BCUT2D eigenvalue weighted by molar-refractivity contribution is 9.10. The molecule has 0 heterocycles. The van der Waals surface area contributed by atoms with Crippen LogP contribution in [-0.4, -0.2) is 11.9 Å². The predicted molar refractivity (Wildman–Crippen MR) is 58.4 cm³/mol. The van der Waals surface area contributed by atoms with E-state index in [1.165, 1.54) is 0 Å². The zero-order chi connectivity index (χ0) is 8.97. The van der Waals surface area contributed by atoms with Crippen LogP contribution < -0.4 is 4.74 Å². The lowest BCUT2D eigenvalue weighted by Crippen LogP contribution is -1.97. The third-order valence-electron chi connectivity index (χ3n) is 1.23. The van der Waals surface area contributed by atoms with Gasteiger partial charge in [-0.05, 0) is 34.1 Å². The second kappa shape index (κ2) is 5.10. The molecule has 12 heavy (non-hydrogen) atoms. The van der Waals surface area contributed by atoms with E-state index in [0.29, 0.717) is 11.6 Å². The van der Waals surface area contributed by atoms with Crippen LogP contribution in [0.1, 0.15) is 0 Å². The molecule has 0 aliphatic heterocycles. The highest BCUT2D eigenvalue weighted by Gasteiger charge is 2.00. The summed E-state index contributed by atoms with van der Waals surface area (Å²) in [6, 6.07) is 5.45. The van der Waals surface area contributed by atoms with Crippen LogP contribution in [0.25, 0.3) is 0 Å². The third-order valence-corrected chi connectivity index (χ3v) is 2.41. The number of alkyl halides is 1. The van der Waals surface area contributed by atoms with Crippen LogP contribution in [0.2, 0.25) is 5.02 Å². The predicted octanol–water partition coefficient (Wildman–Crippen LogP) is 3.88. The lowest BCUT2D eigenvalue weighted by molar-refractivity contribution is 0.343. The first kappa shape index (κ1) is 10.4. The Bertz CT molecular complexity index is 265. The van der Waals surface area contributed by atoms with E-state index in [4.69, 9.17) is 16.3 Å². The van der Waals surface area contributed by atoms with Gasteiger partial charge in [-0.15, -0.1) is 0 Å². The van der Waals surface area contributed by atoms with E-state index in [9.17, 15) is 0 Å². The van der Waals surface area contributed by atoms with Crippen LogP contribution in [-0.2, 0) is 0 Å². The molecule has 1 rings (SSSR count). The molecule has 0 N–H and O–H groups in total. The van der Waals surface area contributed by atoms with E-state index in [0.717, 1.165) is 15.6 Å². The smallest absolute Gasteiger partial charge is 0.133 e. The molecule has 0 saturated heterocycles. The van der Waals surface area contributed by atoms with E-state index in [-0.39, 0.29) is 0 Å². The van der Waals surface area contributed by atoms with Gasteiger partial charge in [0.2, 0.25) is 0 Å². The fourth-order valence-electron chi connectivity index (χ4n) is 0.741. The van der Waals surface area contributed by atoms with Crippen LogP contribution >= 0.6 is 43.5 Å². The van der Waals surface area contributed by atoms with E-state index in [1.807, 2.05) is 12.1 Å². The number of hydrogen-bond acceptors (Lipinski definition) is 1. The summed E-state index contributed by atoms with van der Waals surface area (Å²) in [5.41, 5.74) is 0. The molecule has 0 atom stereocenters. The Balaban J connectivity index is 2.72. The lowest BCUT2D eigenvalue weighted by Gasteiger charge is -2.05. The second-order valence-electron chi connectivity index (χ2n) is 2.11. The summed E-state index contributed by atoms with van der Waals surface area (Å²) in [5, 5.41) is 1.52. The monoisotopic (exact) mass is 312 g/mol. The summed E-state index contributed by atoms with van der Waals surface area (Å²) in [7, 11) is 0. The maximum atomic E-state index is 5.76. The number of hydrogen-bond donors (Lipinski definition) is 0. The molecule has 0 aliphatic rings. The van der Waals surface area contributed by atoms with Gasteiger partial charge in [-0.25, -0.2) is 0 Å². The fraction of sp³-hybridized carbons (Fsp3) is 0.250. The summed E-state index contributed by atoms with van der Waals surface area (Å²) in [5.74, 6) is 0.818. The van der Waals surface area contributed by atoms with Crippen molar-refractivity contribution in [2.24, 2.45) is 0 Å². The Morgan fingerprint density at radius 2 is 2.17 bits per heavy atom. The van der Waals surface area contributed by atoms with Crippen LogP contribution in [0, 0.1) is 0 Å². The van der Waals surface area contributed by atoms with Gasteiger partial charge in [-0.3, -0.25) is 0 Å². The molecule has 1 aromatic carbocycles. The Morgan fingerprint density at radius 1 is 1.42 bits per heavy atom. The van der Waals surface area contributed by atoms with Gasteiger partial charge in [-0.1, -0.05) is 27.5 Å². The molecule has 0 saturated carbocycles. The molecule has 0 aliphatic carbocycles. The van der Waals surface area contributed by atoms with E-state index < -0.39 is 0 Å². The number of ether oxygens (including phenoxy) is 1. The maximum absolute atomic E-state index is 5.76. The maximum Gasteiger partial charge on any atom is 0.133 e. The van der Waals surface area contributed by atoms with Crippen molar-refractivity contribution in [2.75, 3.05) is 11.9 Å². The number of rotatable bonds is 3. The minimum atomic E-state index is 0.653. The van der Waals surface area contributed by atoms with Crippen molar-refractivity contribution in [3.05, 3.63) is 27.7 Å².